The molecule has 0 aromatic heterocycles. The van der Waals surface area contributed by atoms with E-state index >= 15 is 0 Å². The molecule has 1 rings (SSSR count). The van der Waals surface area contributed by atoms with Crippen LogP contribution >= 0.6 is 23.2 Å². The molecule has 0 saturated heterocycles. The highest BCUT2D eigenvalue weighted by molar-refractivity contribution is 6.42. The fraction of sp³-hybridized carbons (Fsp3) is 0.538. The third-order valence-electron chi connectivity index (χ3n) is 2.50. The van der Waals surface area contributed by atoms with E-state index in [-0.39, 0.29) is 17.6 Å². The van der Waals surface area contributed by atoms with Crippen LogP contribution in [0.5, 0.6) is 5.75 Å². The maximum Gasteiger partial charge on any atom is 0.139 e. The summed E-state index contributed by atoms with van der Waals surface area (Å²) >= 11 is 12.0. The Bertz CT molecular complexity index is 385. The summed E-state index contributed by atoms with van der Waals surface area (Å²) in [5, 5.41) is 0.922. The molecular formula is C13H19Cl2NO. The Balaban J connectivity index is 2.99. The lowest BCUT2D eigenvalue weighted by molar-refractivity contribution is 0.0685. The molecule has 4 heteroatoms. The summed E-state index contributed by atoms with van der Waals surface area (Å²) in [5.41, 5.74) is 5.89. The molecule has 96 valence electrons. The topological polar surface area (TPSA) is 35.2 Å². The summed E-state index contributed by atoms with van der Waals surface area (Å²) in [6.07, 6.45) is -0.126. The lowest BCUT2D eigenvalue weighted by Crippen LogP contribution is -2.45. The van der Waals surface area contributed by atoms with E-state index < -0.39 is 0 Å². The third-order valence-corrected chi connectivity index (χ3v) is 3.30. The van der Waals surface area contributed by atoms with Crippen molar-refractivity contribution in [3.05, 3.63) is 28.2 Å². The van der Waals surface area contributed by atoms with Gasteiger partial charge in [-0.1, -0.05) is 50.0 Å². The van der Waals surface area contributed by atoms with Crippen molar-refractivity contribution in [1.29, 1.82) is 0 Å². The molecule has 2 N–H and O–H groups in total. The molecule has 0 spiro atoms. The van der Waals surface area contributed by atoms with E-state index in [1.807, 2.05) is 13.0 Å². The third kappa shape index (κ3) is 3.77. The molecule has 0 heterocycles. The van der Waals surface area contributed by atoms with Gasteiger partial charge < -0.3 is 10.5 Å². The van der Waals surface area contributed by atoms with Crippen LogP contribution < -0.4 is 10.5 Å². The average molecular weight is 276 g/mol. The number of ether oxygens (including phenoxy) is 1. The van der Waals surface area contributed by atoms with E-state index in [1.54, 1.807) is 12.1 Å². The van der Waals surface area contributed by atoms with Crippen LogP contribution in [0.3, 0.4) is 0 Å². The van der Waals surface area contributed by atoms with Crippen molar-refractivity contribution in [2.45, 2.75) is 39.8 Å². The zero-order valence-electron chi connectivity index (χ0n) is 10.6. The van der Waals surface area contributed by atoms with E-state index in [1.165, 1.54) is 0 Å². The lowest BCUT2D eigenvalue weighted by atomic mass is 9.85. The summed E-state index contributed by atoms with van der Waals surface area (Å²) in [6, 6.07) is 5.25. The second-order valence-electron chi connectivity index (χ2n) is 5.32. The predicted molar refractivity (Wildman–Crippen MR) is 74.0 cm³/mol. The van der Waals surface area contributed by atoms with Crippen molar-refractivity contribution in [3.63, 3.8) is 0 Å². The largest absolute Gasteiger partial charge is 0.487 e. The molecule has 0 aliphatic rings. The fourth-order valence-electron chi connectivity index (χ4n) is 1.78. The van der Waals surface area contributed by atoms with E-state index in [2.05, 4.69) is 20.8 Å². The maximum absolute atomic E-state index is 6.09. The van der Waals surface area contributed by atoms with Gasteiger partial charge in [0, 0.05) is 11.5 Å². The minimum absolute atomic E-state index is 0.0696. The number of nitrogens with two attached hydrogens (primary N) is 1. The Morgan fingerprint density at radius 1 is 1.24 bits per heavy atom. The summed E-state index contributed by atoms with van der Waals surface area (Å²) in [5.74, 6) is 0.580. The van der Waals surface area contributed by atoms with Gasteiger partial charge in [0.25, 0.3) is 0 Å². The van der Waals surface area contributed by atoms with Crippen LogP contribution in [-0.2, 0) is 0 Å². The van der Waals surface area contributed by atoms with Crippen LogP contribution in [0.25, 0.3) is 0 Å². The van der Waals surface area contributed by atoms with Crippen molar-refractivity contribution in [2.75, 3.05) is 0 Å². The number of hydrogen-bond donors (Lipinski definition) is 1. The zero-order chi connectivity index (χ0) is 13.2. The quantitative estimate of drug-likeness (QED) is 0.900. The smallest absolute Gasteiger partial charge is 0.139 e. The monoisotopic (exact) mass is 275 g/mol. The van der Waals surface area contributed by atoms with Crippen LogP contribution in [0.1, 0.15) is 27.7 Å². The molecule has 1 aromatic rings. The molecule has 17 heavy (non-hydrogen) atoms. The minimum atomic E-state index is -0.126. The first kappa shape index (κ1) is 14.6. The molecule has 0 fully saturated rings. The van der Waals surface area contributed by atoms with Crippen molar-refractivity contribution in [3.8, 4) is 5.75 Å². The molecule has 0 amide bonds. The predicted octanol–water partition coefficient (Wildman–Crippen LogP) is 4.13. The summed E-state index contributed by atoms with van der Waals surface area (Å²) in [7, 11) is 0. The van der Waals surface area contributed by atoms with Crippen molar-refractivity contribution in [2.24, 2.45) is 11.1 Å². The second kappa shape index (κ2) is 5.47. The van der Waals surface area contributed by atoms with Gasteiger partial charge in [0.2, 0.25) is 0 Å². The lowest BCUT2D eigenvalue weighted by Gasteiger charge is -2.34. The SMILES string of the molecule is CC(N)C(Oc1cccc(Cl)c1Cl)C(C)(C)C. The average Bonchev–Trinajstić information content (AvgIpc) is 2.17. The first-order valence-corrected chi connectivity index (χ1v) is 6.35. The minimum Gasteiger partial charge on any atom is -0.487 e. The van der Waals surface area contributed by atoms with Crippen LogP contribution in [0.15, 0.2) is 18.2 Å². The molecule has 2 unspecified atom stereocenters. The number of halogens is 2. The van der Waals surface area contributed by atoms with Crippen molar-refractivity contribution < 1.29 is 4.74 Å². The van der Waals surface area contributed by atoms with Gasteiger partial charge in [-0.05, 0) is 19.1 Å². The standard InChI is InChI=1S/C13H19Cl2NO/c1-8(16)12(13(2,3)4)17-10-7-5-6-9(14)11(10)15/h5-8,12H,16H2,1-4H3. The maximum atomic E-state index is 6.09. The molecule has 2 nitrogen and oxygen atoms in total. The molecule has 0 aliphatic heterocycles. The van der Waals surface area contributed by atoms with Gasteiger partial charge in [-0.3, -0.25) is 0 Å². The van der Waals surface area contributed by atoms with E-state index in [0.29, 0.717) is 15.8 Å². The van der Waals surface area contributed by atoms with Gasteiger partial charge in [-0.15, -0.1) is 0 Å². The molecule has 1 aromatic carbocycles. The second-order valence-corrected chi connectivity index (χ2v) is 6.10. The summed E-state index contributed by atoms with van der Waals surface area (Å²) < 4.78 is 5.91. The van der Waals surface area contributed by atoms with E-state index in [9.17, 15) is 0 Å². The highest BCUT2D eigenvalue weighted by atomic mass is 35.5. The van der Waals surface area contributed by atoms with Crippen molar-refractivity contribution in [1.82, 2.24) is 0 Å². The first-order chi connectivity index (χ1) is 7.73. The molecular weight excluding hydrogens is 257 g/mol. The normalized spacial score (nSPS) is 15.5. The highest BCUT2D eigenvalue weighted by Crippen LogP contribution is 2.35. The van der Waals surface area contributed by atoms with Crippen LogP contribution in [-0.4, -0.2) is 12.1 Å². The number of rotatable bonds is 3. The van der Waals surface area contributed by atoms with Gasteiger partial charge in [-0.2, -0.15) is 0 Å². The first-order valence-electron chi connectivity index (χ1n) is 5.59. The Kier molecular flexibility index (Phi) is 4.70. The molecule has 0 bridgehead atoms. The number of hydrogen-bond acceptors (Lipinski definition) is 2. The number of benzene rings is 1. The Labute approximate surface area is 113 Å². The van der Waals surface area contributed by atoms with Gasteiger partial charge in [0.05, 0.1) is 5.02 Å². The zero-order valence-corrected chi connectivity index (χ0v) is 12.1. The van der Waals surface area contributed by atoms with Gasteiger partial charge >= 0.3 is 0 Å². The molecule has 0 aliphatic carbocycles. The van der Waals surface area contributed by atoms with Crippen LogP contribution in [0, 0.1) is 5.41 Å². The van der Waals surface area contributed by atoms with Gasteiger partial charge in [-0.25, -0.2) is 0 Å². The summed E-state index contributed by atoms with van der Waals surface area (Å²) in [6.45, 7) is 8.17. The molecule has 2 atom stereocenters. The van der Waals surface area contributed by atoms with E-state index in [0.717, 1.165) is 0 Å². The van der Waals surface area contributed by atoms with E-state index in [4.69, 9.17) is 33.7 Å². The Morgan fingerprint density at radius 2 is 1.82 bits per heavy atom. The van der Waals surface area contributed by atoms with Crippen molar-refractivity contribution >= 4 is 23.2 Å². The van der Waals surface area contributed by atoms with Crippen LogP contribution in [0.2, 0.25) is 10.0 Å². The fourth-order valence-corrected chi connectivity index (χ4v) is 2.12. The van der Waals surface area contributed by atoms with Crippen LogP contribution in [0.4, 0.5) is 0 Å². The van der Waals surface area contributed by atoms with Gasteiger partial charge in [0.15, 0.2) is 0 Å². The summed E-state index contributed by atoms with van der Waals surface area (Å²) in [4.78, 5) is 0. The Morgan fingerprint density at radius 3 is 2.29 bits per heavy atom. The molecule has 0 radical (unpaired) electrons. The molecule has 0 saturated carbocycles. The van der Waals surface area contributed by atoms with Gasteiger partial charge in [0.1, 0.15) is 16.9 Å². The Hall–Kier alpha value is -0.440. The highest BCUT2D eigenvalue weighted by Gasteiger charge is 2.30.